The summed E-state index contributed by atoms with van der Waals surface area (Å²) in [5.41, 5.74) is 5.23. The van der Waals surface area contributed by atoms with Gasteiger partial charge in [0.15, 0.2) is 0 Å². The van der Waals surface area contributed by atoms with E-state index in [-0.39, 0.29) is 0 Å². The van der Waals surface area contributed by atoms with E-state index in [9.17, 15) is 0 Å². The lowest BCUT2D eigenvalue weighted by atomic mass is 9.76. The zero-order valence-corrected chi connectivity index (χ0v) is 16.0. The molecule has 0 spiro atoms. The first-order chi connectivity index (χ1) is 12.4. The van der Waals surface area contributed by atoms with Gasteiger partial charge in [-0.05, 0) is 91.2 Å². The van der Waals surface area contributed by atoms with Crippen molar-refractivity contribution in [1.82, 2.24) is 0 Å². The molecule has 0 radical (unpaired) electrons. The van der Waals surface area contributed by atoms with E-state index < -0.39 is 0 Å². The van der Waals surface area contributed by atoms with Gasteiger partial charge in [-0.25, -0.2) is 0 Å². The molecule has 5 rings (SSSR count). The summed E-state index contributed by atoms with van der Waals surface area (Å²) in [6, 6.07) is 8.05. The van der Waals surface area contributed by atoms with Gasteiger partial charge in [-0.1, -0.05) is 63.1 Å². The molecule has 0 nitrogen and oxygen atoms in total. The number of hydrogen-bond acceptors (Lipinski definition) is 0. The van der Waals surface area contributed by atoms with Crippen LogP contribution in [-0.2, 0) is 0 Å². The summed E-state index contributed by atoms with van der Waals surface area (Å²) in [6.07, 6.45) is 20.7. The molecule has 136 valence electrons. The summed E-state index contributed by atoms with van der Waals surface area (Å²) in [7, 11) is 0. The Bertz CT molecular complexity index is 552. The van der Waals surface area contributed by atoms with Crippen molar-refractivity contribution >= 4 is 0 Å². The highest BCUT2D eigenvalue weighted by molar-refractivity contribution is 5.37. The first kappa shape index (κ1) is 16.4. The van der Waals surface area contributed by atoms with Crippen molar-refractivity contribution in [3.63, 3.8) is 0 Å². The molecule has 4 saturated carbocycles. The fourth-order valence-corrected chi connectivity index (χ4v) is 6.91. The molecule has 0 aromatic heterocycles. The minimum atomic E-state index is 0.870. The molecule has 0 heterocycles. The van der Waals surface area contributed by atoms with Crippen molar-refractivity contribution in [2.75, 3.05) is 0 Å². The Morgan fingerprint density at radius 2 is 1.08 bits per heavy atom. The Labute approximate surface area is 154 Å². The standard InChI is InChI=1S/C25H36/c1-3-7-19(8-4-1)22-15-23(20-9-5-2-6-10-20)17-24(16-22)25-14-18-11-12-21(25)13-18/h15-21,25H,1-14H2. The van der Waals surface area contributed by atoms with Crippen LogP contribution in [0.15, 0.2) is 18.2 Å². The third kappa shape index (κ3) is 3.31. The van der Waals surface area contributed by atoms with Crippen molar-refractivity contribution in [1.29, 1.82) is 0 Å². The van der Waals surface area contributed by atoms with Gasteiger partial charge >= 0.3 is 0 Å². The molecule has 3 atom stereocenters. The summed E-state index contributed by atoms with van der Waals surface area (Å²) in [5.74, 6) is 4.73. The van der Waals surface area contributed by atoms with Crippen LogP contribution in [0.2, 0.25) is 0 Å². The van der Waals surface area contributed by atoms with E-state index in [4.69, 9.17) is 0 Å². The normalized spacial score (nSPS) is 33.8. The molecule has 0 amide bonds. The Hall–Kier alpha value is -0.780. The number of rotatable bonds is 3. The Morgan fingerprint density at radius 3 is 1.56 bits per heavy atom. The van der Waals surface area contributed by atoms with Crippen LogP contribution in [0.3, 0.4) is 0 Å². The smallest absolute Gasteiger partial charge is 0.0131 e. The molecular formula is C25H36. The van der Waals surface area contributed by atoms with Gasteiger partial charge in [0, 0.05) is 0 Å². The van der Waals surface area contributed by atoms with E-state index in [1.165, 1.54) is 89.9 Å². The number of fused-ring (bicyclic) bond motifs is 2. The van der Waals surface area contributed by atoms with E-state index in [1.54, 1.807) is 16.7 Å². The highest BCUT2D eigenvalue weighted by Crippen LogP contribution is 2.53. The molecule has 25 heavy (non-hydrogen) atoms. The van der Waals surface area contributed by atoms with E-state index in [2.05, 4.69) is 18.2 Å². The molecular weight excluding hydrogens is 300 g/mol. The fourth-order valence-electron chi connectivity index (χ4n) is 6.91. The SMILES string of the molecule is c1c(C2CCCCC2)cc(C2CC3CCC2C3)cc1C1CCCCC1. The van der Waals surface area contributed by atoms with Gasteiger partial charge in [0.05, 0.1) is 0 Å². The predicted molar refractivity (Wildman–Crippen MR) is 106 cm³/mol. The van der Waals surface area contributed by atoms with Crippen LogP contribution in [0.25, 0.3) is 0 Å². The lowest BCUT2D eigenvalue weighted by molar-refractivity contribution is 0.414. The molecule has 1 aromatic carbocycles. The molecule has 4 aliphatic carbocycles. The monoisotopic (exact) mass is 336 g/mol. The maximum absolute atomic E-state index is 2.69. The quantitative estimate of drug-likeness (QED) is 0.531. The lowest BCUT2D eigenvalue weighted by Crippen LogP contribution is -2.13. The number of benzene rings is 1. The molecule has 3 unspecified atom stereocenters. The van der Waals surface area contributed by atoms with Crippen molar-refractivity contribution in [2.45, 2.75) is 108 Å². The van der Waals surface area contributed by atoms with Crippen LogP contribution in [0, 0.1) is 11.8 Å². The van der Waals surface area contributed by atoms with Crippen LogP contribution in [0.5, 0.6) is 0 Å². The van der Waals surface area contributed by atoms with Crippen molar-refractivity contribution in [2.24, 2.45) is 11.8 Å². The van der Waals surface area contributed by atoms with Crippen molar-refractivity contribution in [3.05, 3.63) is 34.9 Å². The maximum atomic E-state index is 2.69. The lowest BCUT2D eigenvalue weighted by Gasteiger charge is -2.29. The molecule has 0 saturated heterocycles. The van der Waals surface area contributed by atoms with E-state index in [0.717, 1.165) is 29.6 Å². The van der Waals surface area contributed by atoms with Crippen LogP contribution in [0.4, 0.5) is 0 Å². The van der Waals surface area contributed by atoms with Gasteiger partial charge in [-0.2, -0.15) is 0 Å². The van der Waals surface area contributed by atoms with Crippen LogP contribution in [0.1, 0.15) is 124 Å². The van der Waals surface area contributed by atoms with Gasteiger partial charge < -0.3 is 0 Å². The zero-order valence-electron chi connectivity index (χ0n) is 16.0. The second-order valence-corrected chi connectivity index (χ2v) is 9.88. The van der Waals surface area contributed by atoms with Crippen LogP contribution >= 0.6 is 0 Å². The Morgan fingerprint density at radius 1 is 0.520 bits per heavy atom. The van der Waals surface area contributed by atoms with Gasteiger partial charge in [-0.3, -0.25) is 0 Å². The maximum Gasteiger partial charge on any atom is -0.0131 e. The minimum absolute atomic E-state index is 0.870. The zero-order chi connectivity index (χ0) is 16.6. The molecule has 4 aliphatic rings. The highest BCUT2D eigenvalue weighted by Gasteiger charge is 2.40. The van der Waals surface area contributed by atoms with Crippen molar-refractivity contribution < 1.29 is 0 Å². The average molecular weight is 337 g/mol. The molecule has 4 fully saturated rings. The summed E-state index contributed by atoms with van der Waals surface area (Å²) in [5, 5.41) is 0. The summed E-state index contributed by atoms with van der Waals surface area (Å²) >= 11 is 0. The van der Waals surface area contributed by atoms with Gasteiger partial charge in [0.1, 0.15) is 0 Å². The van der Waals surface area contributed by atoms with Crippen LogP contribution < -0.4 is 0 Å². The summed E-state index contributed by atoms with van der Waals surface area (Å²) < 4.78 is 0. The third-order valence-electron chi connectivity index (χ3n) is 8.32. The predicted octanol–water partition coefficient (Wildman–Crippen LogP) is 7.69. The van der Waals surface area contributed by atoms with E-state index in [1.807, 2.05) is 0 Å². The summed E-state index contributed by atoms with van der Waals surface area (Å²) in [6.45, 7) is 0. The van der Waals surface area contributed by atoms with Crippen molar-refractivity contribution in [3.8, 4) is 0 Å². The van der Waals surface area contributed by atoms with E-state index >= 15 is 0 Å². The third-order valence-corrected chi connectivity index (χ3v) is 8.32. The van der Waals surface area contributed by atoms with Gasteiger partial charge in [-0.15, -0.1) is 0 Å². The average Bonchev–Trinajstić information content (AvgIpc) is 3.33. The highest BCUT2D eigenvalue weighted by atomic mass is 14.4. The molecule has 2 bridgehead atoms. The molecule has 1 aromatic rings. The first-order valence-electron chi connectivity index (χ1n) is 11.5. The Balaban J connectivity index is 1.48. The fraction of sp³-hybridized carbons (Fsp3) is 0.760. The molecule has 0 aliphatic heterocycles. The number of hydrogen-bond donors (Lipinski definition) is 0. The van der Waals surface area contributed by atoms with E-state index in [0.29, 0.717) is 0 Å². The summed E-state index contributed by atoms with van der Waals surface area (Å²) in [4.78, 5) is 0. The Kier molecular flexibility index (Phi) is 4.65. The molecule has 0 N–H and O–H groups in total. The topological polar surface area (TPSA) is 0 Å². The van der Waals surface area contributed by atoms with Gasteiger partial charge in [0.25, 0.3) is 0 Å². The van der Waals surface area contributed by atoms with Crippen LogP contribution in [-0.4, -0.2) is 0 Å². The largest absolute Gasteiger partial charge is 0.0552 e. The molecule has 0 heteroatoms. The second-order valence-electron chi connectivity index (χ2n) is 9.88. The second kappa shape index (κ2) is 7.09. The first-order valence-corrected chi connectivity index (χ1v) is 11.5. The van der Waals surface area contributed by atoms with Gasteiger partial charge in [0.2, 0.25) is 0 Å². The minimum Gasteiger partial charge on any atom is -0.0552 e.